The van der Waals surface area contributed by atoms with Crippen molar-refractivity contribution in [2.75, 3.05) is 6.61 Å². The van der Waals surface area contributed by atoms with Gasteiger partial charge in [0.05, 0.1) is 6.04 Å². The van der Waals surface area contributed by atoms with Crippen molar-refractivity contribution in [3.8, 4) is 5.75 Å². The average Bonchev–Trinajstić information content (AvgIpc) is 2.50. The summed E-state index contributed by atoms with van der Waals surface area (Å²) < 4.78 is 5.08. The lowest BCUT2D eigenvalue weighted by Gasteiger charge is -2.17. The van der Waals surface area contributed by atoms with Crippen LogP contribution in [-0.2, 0) is 9.59 Å². The molecule has 0 aliphatic rings. The van der Waals surface area contributed by atoms with Crippen LogP contribution in [0.25, 0.3) is 0 Å². The number of rotatable bonds is 9. The highest BCUT2D eigenvalue weighted by molar-refractivity contribution is 5.76. The van der Waals surface area contributed by atoms with Gasteiger partial charge in [0.1, 0.15) is 5.75 Å². The Hall–Kier alpha value is -2.04. The molecule has 1 unspecified atom stereocenters. The quantitative estimate of drug-likeness (QED) is 0.735. The monoisotopic (exact) mass is 307 g/mol. The van der Waals surface area contributed by atoms with E-state index in [4.69, 9.17) is 9.84 Å². The molecule has 0 radical (unpaired) electrons. The molecule has 0 aliphatic carbocycles. The highest BCUT2D eigenvalue weighted by atomic mass is 16.5. The third-order valence-corrected chi connectivity index (χ3v) is 3.75. The maximum absolute atomic E-state index is 12.0. The summed E-state index contributed by atoms with van der Waals surface area (Å²) in [6, 6.07) is 7.00. The molecule has 22 heavy (non-hydrogen) atoms. The Morgan fingerprint density at radius 2 is 1.77 bits per heavy atom. The van der Waals surface area contributed by atoms with Gasteiger partial charge in [0.25, 0.3) is 0 Å². The number of carboxylic acids is 1. The van der Waals surface area contributed by atoms with Crippen LogP contribution < -0.4 is 10.1 Å². The summed E-state index contributed by atoms with van der Waals surface area (Å²) in [5.74, 6) is -0.0146. The summed E-state index contributed by atoms with van der Waals surface area (Å²) in [5, 5.41) is 11.5. The van der Waals surface area contributed by atoms with Gasteiger partial charge in [-0.2, -0.15) is 0 Å². The van der Waals surface area contributed by atoms with Crippen molar-refractivity contribution < 1.29 is 19.4 Å². The molecule has 5 nitrogen and oxygen atoms in total. The van der Waals surface area contributed by atoms with Crippen LogP contribution in [-0.4, -0.2) is 23.6 Å². The number of carboxylic acid groups (broad SMARTS) is 1. The molecule has 0 aromatic heterocycles. The lowest BCUT2D eigenvalue weighted by Crippen LogP contribution is -2.28. The summed E-state index contributed by atoms with van der Waals surface area (Å²) >= 11 is 0. The summed E-state index contributed by atoms with van der Waals surface area (Å²) in [4.78, 5) is 22.4. The zero-order valence-corrected chi connectivity index (χ0v) is 13.5. The van der Waals surface area contributed by atoms with Gasteiger partial charge >= 0.3 is 5.97 Å². The second-order valence-electron chi connectivity index (χ2n) is 5.43. The maximum atomic E-state index is 12.0. The van der Waals surface area contributed by atoms with Gasteiger partial charge in [-0.25, -0.2) is 4.79 Å². The van der Waals surface area contributed by atoms with Crippen molar-refractivity contribution in [2.24, 2.45) is 5.92 Å². The van der Waals surface area contributed by atoms with Crippen LogP contribution in [0.2, 0.25) is 0 Å². The molecule has 1 amide bonds. The maximum Gasteiger partial charge on any atom is 0.341 e. The van der Waals surface area contributed by atoms with Crippen LogP contribution >= 0.6 is 0 Å². The lowest BCUT2D eigenvalue weighted by atomic mass is 9.98. The van der Waals surface area contributed by atoms with Crippen LogP contribution in [0.15, 0.2) is 24.3 Å². The van der Waals surface area contributed by atoms with E-state index in [1.807, 2.05) is 19.1 Å². The molecule has 0 aliphatic heterocycles. The SMILES string of the molecule is CCC(CC)CC(=O)NC(C)c1ccc(OCC(=O)O)cc1. The Morgan fingerprint density at radius 1 is 1.18 bits per heavy atom. The van der Waals surface area contributed by atoms with E-state index in [0.717, 1.165) is 18.4 Å². The number of carbonyl (C=O) groups excluding carboxylic acids is 1. The number of benzene rings is 1. The fraction of sp³-hybridized carbons (Fsp3) is 0.529. The van der Waals surface area contributed by atoms with Gasteiger partial charge in [-0.05, 0) is 30.5 Å². The van der Waals surface area contributed by atoms with Crippen LogP contribution in [0.5, 0.6) is 5.75 Å². The standard InChI is InChI=1S/C17H25NO4/c1-4-13(5-2)10-16(19)18-12(3)14-6-8-15(9-7-14)22-11-17(20)21/h6-9,12-13H,4-5,10-11H2,1-3H3,(H,18,19)(H,20,21). The van der Waals surface area contributed by atoms with Crippen LogP contribution in [0.3, 0.4) is 0 Å². The second-order valence-corrected chi connectivity index (χ2v) is 5.43. The summed E-state index contributed by atoms with van der Waals surface area (Å²) in [7, 11) is 0. The molecule has 5 heteroatoms. The normalized spacial score (nSPS) is 12.0. The summed E-state index contributed by atoms with van der Waals surface area (Å²) in [6.07, 6.45) is 2.57. The van der Waals surface area contributed by atoms with E-state index in [0.29, 0.717) is 18.1 Å². The fourth-order valence-corrected chi connectivity index (χ4v) is 2.22. The van der Waals surface area contributed by atoms with Crippen molar-refractivity contribution in [3.05, 3.63) is 29.8 Å². The first-order valence-electron chi connectivity index (χ1n) is 7.70. The van der Waals surface area contributed by atoms with E-state index in [9.17, 15) is 9.59 Å². The van der Waals surface area contributed by atoms with E-state index in [-0.39, 0.29) is 18.6 Å². The number of hydrogen-bond donors (Lipinski definition) is 2. The van der Waals surface area contributed by atoms with E-state index < -0.39 is 5.97 Å². The zero-order valence-electron chi connectivity index (χ0n) is 13.5. The first kappa shape index (κ1) is 18.0. The molecule has 0 fully saturated rings. The lowest BCUT2D eigenvalue weighted by molar-refractivity contribution is -0.139. The Bertz CT molecular complexity index is 480. The molecular weight excluding hydrogens is 282 g/mol. The third kappa shape index (κ3) is 6.16. The molecular formula is C17H25NO4. The van der Waals surface area contributed by atoms with E-state index in [1.54, 1.807) is 12.1 Å². The Kier molecular flexibility index (Phi) is 7.43. The minimum Gasteiger partial charge on any atom is -0.482 e. The number of ether oxygens (including phenoxy) is 1. The Balaban J connectivity index is 2.53. The highest BCUT2D eigenvalue weighted by Crippen LogP contribution is 2.19. The fourth-order valence-electron chi connectivity index (χ4n) is 2.22. The number of carbonyl (C=O) groups is 2. The summed E-state index contributed by atoms with van der Waals surface area (Å²) in [5.41, 5.74) is 0.959. The van der Waals surface area contributed by atoms with Crippen LogP contribution in [0, 0.1) is 5.92 Å². The van der Waals surface area contributed by atoms with Gasteiger partial charge in [-0.1, -0.05) is 38.8 Å². The van der Waals surface area contributed by atoms with Crippen LogP contribution in [0.4, 0.5) is 0 Å². The van der Waals surface area contributed by atoms with E-state index in [2.05, 4.69) is 19.2 Å². The van der Waals surface area contributed by atoms with Gasteiger partial charge in [0, 0.05) is 6.42 Å². The molecule has 0 bridgehead atoms. The van der Waals surface area contributed by atoms with Crippen molar-refractivity contribution in [3.63, 3.8) is 0 Å². The second kappa shape index (κ2) is 9.07. The minimum absolute atomic E-state index is 0.0624. The molecule has 0 saturated carbocycles. The molecule has 1 aromatic carbocycles. The number of aliphatic carboxylic acids is 1. The Labute approximate surface area is 131 Å². The summed E-state index contributed by atoms with van der Waals surface area (Å²) in [6.45, 7) is 5.76. The average molecular weight is 307 g/mol. The van der Waals surface area contributed by atoms with Crippen molar-refractivity contribution >= 4 is 11.9 Å². The molecule has 0 heterocycles. The third-order valence-electron chi connectivity index (χ3n) is 3.75. The van der Waals surface area contributed by atoms with Crippen molar-refractivity contribution in [1.29, 1.82) is 0 Å². The minimum atomic E-state index is -1.01. The van der Waals surface area contributed by atoms with Crippen LogP contribution in [0.1, 0.15) is 51.6 Å². The molecule has 1 aromatic rings. The number of hydrogen-bond acceptors (Lipinski definition) is 3. The van der Waals surface area contributed by atoms with Gasteiger partial charge in [0.2, 0.25) is 5.91 Å². The first-order chi connectivity index (χ1) is 10.5. The van der Waals surface area contributed by atoms with Crippen molar-refractivity contribution in [2.45, 2.75) is 46.1 Å². The molecule has 1 atom stereocenters. The van der Waals surface area contributed by atoms with Gasteiger partial charge < -0.3 is 15.2 Å². The van der Waals surface area contributed by atoms with Gasteiger partial charge in [0.15, 0.2) is 6.61 Å². The zero-order chi connectivity index (χ0) is 16.5. The largest absolute Gasteiger partial charge is 0.482 e. The molecule has 0 saturated heterocycles. The van der Waals surface area contributed by atoms with Gasteiger partial charge in [-0.15, -0.1) is 0 Å². The predicted octanol–water partition coefficient (Wildman–Crippen LogP) is 3.15. The number of nitrogens with one attached hydrogen (secondary N) is 1. The molecule has 122 valence electrons. The van der Waals surface area contributed by atoms with E-state index >= 15 is 0 Å². The number of amides is 1. The van der Waals surface area contributed by atoms with E-state index in [1.165, 1.54) is 0 Å². The molecule has 0 spiro atoms. The van der Waals surface area contributed by atoms with Crippen molar-refractivity contribution in [1.82, 2.24) is 5.32 Å². The topological polar surface area (TPSA) is 75.6 Å². The first-order valence-corrected chi connectivity index (χ1v) is 7.70. The molecule has 1 rings (SSSR count). The Morgan fingerprint density at radius 3 is 2.27 bits per heavy atom. The highest BCUT2D eigenvalue weighted by Gasteiger charge is 2.13. The molecule has 2 N–H and O–H groups in total. The predicted molar refractivity (Wildman–Crippen MR) is 84.8 cm³/mol. The van der Waals surface area contributed by atoms with Gasteiger partial charge in [-0.3, -0.25) is 4.79 Å². The smallest absolute Gasteiger partial charge is 0.341 e.